The van der Waals surface area contributed by atoms with Gasteiger partial charge in [-0.1, -0.05) is 154 Å². The Bertz CT molecular complexity index is 3420. The molecule has 0 aliphatic carbocycles. The first-order valence-corrected chi connectivity index (χ1v) is 26.2. The molecule has 1 radical (unpaired) electrons. The average molecular weight is 1040 g/mol. The molecule has 0 aliphatic heterocycles. The molecule has 0 saturated carbocycles. The number of imidazole rings is 1. The van der Waals surface area contributed by atoms with E-state index in [1.807, 2.05) is 35.6 Å². The fraction of sp³-hybridized carbons (Fsp3) is 0.158. The molecular weight excluding hydrogens is 995 g/mol. The molecule has 0 saturated heterocycles. The van der Waals surface area contributed by atoms with Crippen molar-refractivity contribution in [3.8, 4) is 39.3 Å². The molecule has 319 valence electrons. The van der Waals surface area contributed by atoms with Gasteiger partial charge < -0.3 is 14.0 Å². The fourth-order valence-corrected chi connectivity index (χ4v) is 10.9. The summed E-state index contributed by atoms with van der Waals surface area (Å²) in [6.07, 6.45) is 2.06. The number of nitrogens with zero attached hydrogens (tertiary/aromatic N) is 3. The third kappa shape index (κ3) is 7.96. The van der Waals surface area contributed by atoms with E-state index in [4.69, 9.17) is 9.40 Å². The number of benzene rings is 7. The molecule has 4 heterocycles. The third-order valence-corrected chi connectivity index (χ3v) is 15.2. The summed E-state index contributed by atoms with van der Waals surface area (Å²) < 4.78 is 11.7. The molecule has 11 aromatic rings. The van der Waals surface area contributed by atoms with Crippen LogP contribution in [0.2, 0.25) is 19.6 Å². The van der Waals surface area contributed by atoms with E-state index in [9.17, 15) is 0 Å². The van der Waals surface area contributed by atoms with Gasteiger partial charge >= 0.3 is 0 Å². The van der Waals surface area contributed by atoms with E-state index in [0.717, 1.165) is 60.8 Å². The van der Waals surface area contributed by atoms with Crippen molar-refractivity contribution < 1.29 is 24.5 Å². The SMILES string of the molecule is CC(C)c1cc(-c2ccccc2)cc(C(C)C)c1-n1c(-c2[c-]ccc3c2oc2cc(-c4ccccc4)ccc23)nc2ccccc21.C[Si](C)(C)c1cnc2c(c1)sc1ccc[c-]c12.[Ir]. The van der Waals surface area contributed by atoms with Gasteiger partial charge in [-0.3, -0.25) is 4.98 Å². The number of rotatable bonds is 7. The van der Waals surface area contributed by atoms with Crippen molar-refractivity contribution in [2.24, 2.45) is 0 Å². The molecule has 4 aromatic heterocycles. The molecular formula is C57H49IrN3OSSi-2. The molecule has 0 spiro atoms. The zero-order valence-corrected chi connectivity index (χ0v) is 41.4. The first kappa shape index (κ1) is 43.3. The second kappa shape index (κ2) is 17.6. The first-order valence-electron chi connectivity index (χ1n) is 21.9. The molecule has 0 aliphatic rings. The summed E-state index contributed by atoms with van der Waals surface area (Å²) >= 11 is 1.82. The predicted molar refractivity (Wildman–Crippen MR) is 271 cm³/mol. The summed E-state index contributed by atoms with van der Waals surface area (Å²) in [7, 11) is -1.27. The molecule has 64 heavy (non-hydrogen) atoms. The third-order valence-electron chi connectivity index (χ3n) is 12.1. The van der Waals surface area contributed by atoms with Gasteiger partial charge in [0.25, 0.3) is 0 Å². The fourth-order valence-electron chi connectivity index (χ4n) is 8.68. The maximum absolute atomic E-state index is 6.73. The van der Waals surface area contributed by atoms with Crippen LogP contribution in [-0.4, -0.2) is 22.6 Å². The second-order valence-electron chi connectivity index (χ2n) is 18.0. The summed E-state index contributed by atoms with van der Waals surface area (Å²) in [6.45, 7) is 16.2. The first-order chi connectivity index (χ1) is 30.5. The summed E-state index contributed by atoms with van der Waals surface area (Å²) in [6, 6.07) is 60.3. The number of hydrogen-bond donors (Lipinski definition) is 0. The van der Waals surface area contributed by atoms with Gasteiger partial charge in [0.2, 0.25) is 0 Å². The Morgan fingerprint density at radius 1 is 0.625 bits per heavy atom. The van der Waals surface area contributed by atoms with Crippen LogP contribution in [0.3, 0.4) is 0 Å². The summed E-state index contributed by atoms with van der Waals surface area (Å²) in [5.41, 5.74) is 14.2. The van der Waals surface area contributed by atoms with Crippen LogP contribution in [0.5, 0.6) is 0 Å². The van der Waals surface area contributed by atoms with Crippen LogP contribution in [0, 0.1) is 12.1 Å². The van der Waals surface area contributed by atoms with E-state index in [-0.39, 0.29) is 31.9 Å². The molecule has 7 aromatic carbocycles. The minimum absolute atomic E-state index is 0. The average Bonchev–Trinajstić information content (AvgIpc) is 4.00. The number of fused-ring (bicyclic) bond motifs is 7. The van der Waals surface area contributed by atoms with Crippen LogP contribution < -0.4 is 5.19 Å². The number of hydrogen-bond acceptors (Lipinski definition) is 4. The smallest absolute Gasteiger partial charge is 0.121 e. The molecule has 7 heteroatoms. The minimum atomic E-state index is -1.27. The number of pyridine rings is 1. The van der Waals surface area contributed by atoms with Gasteiger partial charge in [0, 0.05) is 47.6 Å². The van der Waals surface area contributed by atoms with Crippen LogP contribution in [0.15, 0.2) is 162 Å². The van der Waals surface area contributed by atoms with Crippen LogP contribution >= 0.6 is 11.3 Å². The molecule has 11 rings (SSSR count). The maximum Gasteiger partial charge on any atom is 0.121 e. The molecule has 0 fully saturated rings. The summed E-state index contributed by atoms with van der Waals surface area (Å²) in [5, 5.41) is 4.74. The van der Waals surface area contributed by atoms with E-state index in [1.54, 1.807) is 0 Å². The Labute approximate surface area is 394 Å². The van der Waals surface area contributed by atoms with Crippen LogP contribution in [-0.2, 0) is 20.1 Å². The number of furan rings is 1. The monoisotopic (exact) mass is 1040 g/mol. The standard InChI is InChI=1S/C43H35N2O.C14H14NSSi.Ir/c1-27(2)36-24-32(30-16-9-6-10-17-30)25-37(28(3)4)41(36)45-39-21-12-11-20-38(39)44-43(45)35-19-13-18-34-33-23-22-31(26-40(33)46-42(34)35)29-14-7-5-8-15-29;1-17(2,3)10-8-13-14(15-9-10)11-6-4-5-7-12(11)16-13;/h5-18,20-28H,1-4H3;4-5,7-9H,1-3H3;/q2*-1;. The van der Waals surface area contributed by atoms with Crippen molar-refractivity contribution >= 4 is 77.9 Å². The summed E-state index contributed by atoms with van der Waals surface area (Å²) in [5.74, 6) is 1.41. The van der Waals surface area contributed by atoms with Gasteiger partial charge in [0.15, 0.2) is 0 Å². The quantitative estimate of drug-likeness (QED) is 0.118. The van der Waals surface area contributed by atoms with Gasteiger partial charge in [0.1, 0.15) is 5.58 Å². The topological polar surface area (TPSA) is 43.9 Å². The Morgan fingerprint density at radius 3 is 1.98 bits per heavy atom. The number of para-hydroxylation sites is 2. The van der Waals surface area contributed by atoms with Crippen molar-refractivity contribution in [2.75, 3.05) is 0 Å². The normalized spacial score (nSPS) is 11.8. The Hall–Kier alpha value is -5.95. The van der Waals surface area contributed by atoms with E-state index < -0.39 is 8.07 Å². The molecule has 0 bridgehead atoms. The second-order valence-corrected chi connectivity index (χ2v) is 24.2. The molecule has 0 unspecified atom stereocenters. The van der Waals surface area contributed by atoms with Crippen molar-refractivity contribution in [1.82, 2.24) is 14.5 Å². The Morgan fingerprint density at radius 2 is 1.30 bits per heavy atom. The molecule has 4 nitrogen and oxygen atoms in total. The van der Waals surface area contributed by atoms with E-state index in [0.29, 0.717) is 0 Å². The van der Waals surface area contributed by atoms with Crippen molar-refractivity contribution in [2.45, 2.75) is 59.2 Å². The largest absolute Gasteiger partial charge is 0.501 e. The van der Waals surface area contributed by atoms with Crippen LogP contribution in [0.4, 0.5) is 0 Å². The van der Waals surface area contributed by atoms with Gasteiger partial charge in [-0.05, 0) is 80.7 Å². The van der Waals surface area contributed by atoms with Crippen LogP contribution in [0.25, 0.3) is 92.6 Å². The van der Waals surface area contributed by atoms with Crippen LogP contribution in [0.1, 0.15) is 50.7 Å². The van der Waals surface area contributed by atoms with Gasteiger partial charge in [0.05, 0.1) is 30.5 Å². The van der Waals surface area contributed by atoms with E-state index >= 15 is 0 Å². The van der Waals surface area contributed by atoms with Crippen molar-refractivity contribution in [3.05, 3.63) is 181 Å². The minimum Gasteiger partial charge on any atom is -0.501 e. The van der Waals surface area contributed by atoms with Crippen molar-refractivity contribution in [1.29, 1.82) is 0 Å². The molecule has 0 atom stereocenters. The Kier molecular flexibility index (Phi) is 11.9. The number of thiophene rings is 1. The number of aromatic nitrogens is 3. The maximum atomic E-state index is 6.73. The van der Waals surface area contributed by atoms with E-state index in [1.165, 1.54) is 48.1 Å². The zero-order valence-electron chi connectivity index (χ0n) is 37.2. The summed E-state index contributed by atoms with van der Waals surface area (Å²) in [4.78, 5) is 9.95. The van der Waals surface area contributed by atoms with Gasteiger partial charge in [-0.15, -0.1) is 47.9 Å². The zero-order chi connectivity index (χ0) is 43.4. The van der Waals surface area contributed by atoms with E-state index in [2.05, 4.69) is 203 Å². The molecule has 0 N–H and O–H groups in total. The van der Waals surface area contributed by atoms with Crippen molar-refractivity contribution in [3.63, 3.8) is 0 Å². The van der Waals surface area contributed by atoms with Gasteiger partial charge in [-0.2, -0.15) is 11.3 Å². The molecule has 0 amide bonds. The Balaban J connectivity index is 0.000000241. The predicted octanol–water partition coefficient (Wildman–Crippen LogP) is 15.8. The van der Waals surface area contributed by atoms with Gasteiger partial charge in [-0.25, -0.2) is 0 Å².